The minimum atomic E-state index is -0.445. The molecule has 1 aromatic heterocycles. The highest BCUT2D eigenvalue weighted by Gasteiger charge is 2.28. The zero-order valence-electron chi connectivity index (χ0n) is 13.1. The summed E-state index contributed by atoms with van der Waals surface area (Å²) in [6.07, 6.45) is 1.86. The Morgan fingerprint density at radius 1 is 1.38 bits per heavy atom. The summed E-state index contributed by atoms with van der Waals surface area (Å²) in [7, 11) is 0. The van der Waals surface area contributed by atoms with Gasteiger partial charge in [0.1, 0.15) is 10.6 Å². The van der Waals surface area contributed by atoms with Crippen LogP contribution in [0.3, 0.4) is 0 Å². The fourth-order valence-corrected chi connectivity index (χ4v) is 3.26. The summed E-state index contributed by atoms with van der Waals surface area (Å²) in [5, 5.41) is 9.51. The Morgan fingerprint density at radius 3 is 2.76 bits per heavy atom. The molecule has 1 saturated heterocycles. The second kappa shape index (κ2) is 6.64. The van der Waals surface area contributed by atoms with Gasteiger partial charge in [0, 0.05) is 18.3 Å². The molecule has 0 spiro atoms. The van der Waals surface area contributed by atoms with Gasteiger partial charge in [-0.15, -0.1) is 5.10 Å². The van der Waals surface area contributed by atoms with Crippen LogP contribution in [0.2, 0.25) is 0 Å². The van der Waals surface area contributed by atoms with Crippen LogP contribution < -0.4 is 0 Å². The molecule has 2 heterocycles. The van der Waals surface area contributed by atoms with Crippen molar-refractivity contribution in [2.24, 2.45) is 0 Å². The highest BCUT2D eigenvalue weighted by atomic mass is 32.2. The number of piperidine rings is 1. The summed E-state index contributed by atoms with van der Waals surface area (Å²) < 4.78 is 5.44. The molecular formula is C15H23N3O2S. The average molecular weight is 309 g/mol. The van der Waals surface area contributed by atoms with E-state index in [1.54, 1.807) is 16.7 Å². The Labute approximate surface area is 130 Å². The molecule has 0 aromatic carbocycles. The van der Waals surface area contributed by atoms with Crippen LogP contribution in [-0.2, 0) is 4.74 Å². The van der Waals surface area contributed by atoms with E-state index < -0.39 is 5.60 Å². The highest BCUT2D eigenvalue weighted by molar-refractivity contribution is 7.99. The van der Waals surface area contributed by atoms with Crippen molar-refractivity contribution in [2.75, 3.05) is 13.1 Å². The summed E-state index contributed by atoms with van der Waals surface area (Å²) in [6.45, 7) is 9.07. The molecule has 6 heteroatoms. The molecule has 21 heavy (non-hydrogen) atoms. The van der Waals surface area contributed by atoms with Crippen molar-refractivity contribution >= 4 is 17.9 Å². The number of aromatic nitrogens is 2. The Balaban J connectivity index is 1.91. The van der Waals surface area contributed by atoms with E-state index in [1.165, 1.54) is 0 Å². The Kier molecular flexibility index (Phi) is 5.08. The molecule has 116 valence electrons. The van der Waals surface area contributed by atoms with Gasteiger partial charge in [-0.1, -0.05) is 11.8 Å². The number of rotatable bonds is 2. The molecule has 0 unspecified atom stereocenters. The van der Waals surface area contributed by atoms with Crippen molar-refractivity contribution in [2.45, 2.75) is 56.4 Å². The number of carbonyl (C=O) groups is 1. The van der Waals surface area contributed by atoms with Crippen molar-refractivity contribution in [3.05, 3.63) is 17.8 Å². The lowest BCUT2D eigenvalue weighted by Gasteiger charge is -2.33. The smallest absolute Gasteiger partial charge is 0.410 e. The van der Waals surface area contributed by atoms with E-state index >= 15 is 0 Å². The number of aryl methyl sites for hydroxylation is 1. The summed E-state index contributed by atoms with van der Waals surface area (Å²) in [6, 6.07) is 3.95. The normalized spacial score (nSPS) is 19.4. The van der Waals surface area contributed by atoms with E-state index in [0.717, 1.165) is 30.1 Å². The third kappa shape index (κ3) is 5.19. The second-order valence-corrected chi connectivity index (χ2v) is 7.64. The van der Waals surface area contributed by atoms with E-state index in [4.69, 9.17) is 4.74 Å². The molecule has 5 nitrogen and oxygen atoms in total. The number of ether oxygens (including phenoxy) is 1. The zero-order valence-corrected chi connectivity index (χ0v) is 13.9. The number of likely N-dealkylation sites (tertiary alicyclic amines) is 1. The van der Waals surface area contributed by atoms with Crippen LogP contribution in [0.5, 0.6) is 0 Å². The van der Waals surface area contributed by atoms with Gasteiger partial charge >= 0.3 is 6.09 Å². The van der Waals surface area contributed by atoms with Crippen LogP contribution in [-0.4, -0.2) is 45.1 Å². The third-order valence-corrected chi connectivity index (χ3v) is 4.27. The van der Waals surface area contributed by atoms with Crippen molar-refractivity contribution < 1.29 is 9.53 Å². The van der Waals surface area contributed by atoms with Crippen molar-refractivity contribution in [1.29, 1.82) is 0 Å². The summed E-state index contributed by atoms with van der Waals surface area (Å²) in [5.41, 5.74) is 0.470. The molecule has 0 aliphatic carbocycles. The largest absolute Gasteiger partial charge is 0.444 e. The highest BCUT2D eigenvalue weighted by Crippen LogP contribution is 2.28. The molecule has 0 radical (unpaired) electrons. The number of nitrogens with zero attached hydrogens (tertiary/aromatic N) is 3. The van der Waals surface area contributed by atoms with E-state index in [-0.39, 0.29) is 6.09 Å². The summed E-state index contributed by atoms with van der Waals surface area (Å²) in [5.74, 6) is 0. The fourth-order valence-electron chi connectivity index (χ4n) is 2.15. The molecule has 1 aliphatic heterocycles. The van der Waals surface area contributed by atoms with Gasteiger partial charge in [-0.2, -0.15) is 5.10 Å². The summed E-state index contributed by atoms with van der Waals surface area (Å²) in [4.78, 5) is 13.9. The molecule has 1 fully saturated rings. The number of carbonyl (C=O) groups excluding carboxylic acids is 1. The zero-order chi connectivity index (χ0) is 15.5. The van der Waals surface area contributed by atoms with Gasteiger partial charge in [0.05, 0.1) is 5.69 Å². The first-order valence-corrected chi connectivity index (χ1v) is 8.16. The number of thioether (sulfide) groups is 1. The lowest BCUT2D eigenvalue weighted by atomic mass is 10.1. The maximum absolute atomic E-state index is 12.1. The lowest BCUT2D eigenvalue weighted by Crippen LogP contribution is -2.43. The van der Waals surface area contributed by atoms with E-state index in [1.807, 2.05) is 39.8 Å². The molecule has 1 aromatic rings. The van der Waals surface area contributed by atoms with Crippen LogP contribution in [0, 0.1) is 6.92 Å². The van der Waals surface area contributed by atoms with Gasteiger partial charge in [0.15, 0.2) is 0 Å². The van der Waals surface area contributed by atoms with E-state index in [2.05, 4.69) is 10.2 Å². The molecule has 1 amide bonds. The van der Waals surface area contributed by atoms with E-state index in [0.29, 0.717) is 11.8 Å². The molecular weight excluding hydrogens is 286 g/mol. The van der Waals surface area contributed by atoms with Gasteiger partial charge in [0.2, 0.25) is 0 Å². The van der Waals surface area contributed by atoms with Crippen LogP contribution in [0.4, 0.5) is 4.79 Å². The van der Waals surface area contributed by atoms with Gasteiger partial charge in [0.25, 0.3) is 0 Å². The summed E-state index contributed by atoms with van der Waals surface area (Å²) >= 11 is 1.69. The topological polar surface area (TPSA) is 55.3 Å². The predicted octanol–water partition coefficient (Wildman–Crippen LogP) is 3.28. The van der Waals surface area contributed by atoms with E-state index in [9.17, 15) is 4.79 Å². The molecule has 0 saturated carbocycles. The van der Waals surface area contributed by atoms with Gasteiger partial charge < -0.3 is 9.64 Å². The average Bonchev–Trinajstić information content (AvgIpc) is 2.40. The molecule has 0 N–H and O–H groups in total. The SMILES string of the molecule is Cc1ccc(S[C@@H]2CCCN(C(=O)OC(C)(C)C)C2)nn1. The van der Waals surface area contributed by atoms with Gasteiger partial charge in [-0.3, -0.25) is 0 Å². The molecule has 2 rings (SSSR count). The first kappa shape index (κ1) is 16.1. The maximum Gasteiger partial charge on any atom is 0.410 e. The van der Waals surface area contributed by atoms with Crippen molar-refractivity contribution in [3.8, 4) is 0 Å². The van der Waals surface area contributed by atoms with Crippen LogP contribution in [0.15, 0.2) is 17.2 Å². The second-order valence-electron chi connectivity index (χ2n) is 6.32. The lowest BCUT2D eigenvalue weighted by molar-refractivity contribution is 0.0220. The maximum atomic E-state index is 12.1. The van der Waals surface area contributed by atoms with Crippen molar-refractivity contribution in [3.63, 3.8) is 0 Å². The van der Waals surface area contributed by atoms with Gasteiger partial charge in [-0.25, -0.2) is 4.79 Å². The number of hydrogen-bond acceptors (Lipinski definition) is 5. The monoisotopic (exact) mass is 309 g/mol. The van der Waals surface area contributed by atoms with Crippen LogP contribution in [0.1, 0.15) is 39.3 Å². The first-order chi connectivity index (χ1) is 9.83. The molecule has 1 aliphatic rings. The Morgan fingerprint density at radius 2 is 2.14 bits per heavy atom. The Bertz CT molecular complexity index is 485. The minimum Gasteiger partial charge on any atom is -0.444 e. The third-order valence-electron chi connectivity index (χ3n) is 3.09. The first-order valence-electron chi connectivity index (χ1n) is 7.28. The molecule has 0 bridgehead atoms. The van der Waals surface area contributed by atoms with Gasteiger partial charge in [-0.05, 0) is 52.7 Å². The number of hydrogen-bond donors (Lipinski definition) is 0. The van der Waals surface area contributed by atoms with Crippen LogP contribution >= 0.6 is 11.8 Å². The Hall–Kier alpha value is -1.30. The fraction of sp³-hybridized carbons (Fsp3) is 0.667. The standard InChI is InChI=1S/C15H23N3O2S/c1-11-7-8-13(17-16-11)21-12-6-5-9-18(10-12)14(19)20-15(2,3)4/h7-8,12H,5-6,9-10H2,1-4H3/t12-/m1/s1. The quantitative estimate of drug-likeness (QED) is 0.839. The predicted molar refractivity (Wildman–Crippen MR) is 83.5 cm³/mol. The molecule has 1 atom stereocenters. The van der Waals surface area contributed by atoms with Crippen LogP contribution in [0.25, 0.3) is 0 Å². The minimum absolute atomic E-state index is 0.220. The number of amides is 1. The van der Waals surface area contributed by atoms with Crippen molar-refractivity contribution in [1.82, 2.24) is 15.1 Å².